The zero-order chi connectivity index (χ0) is 11.0. The second kappa shape index (κ2) is 3.72. The van der Waals surface area contributed by atoms with Crippen molar-refractivity contribution in [2.75, 3.05) is 18.0 Å². The fourth-order valence-corrected chi connectivity index (χ4v) is 3.19. The van der Waals surface area contributed by atoms with Crippen molar-refractivity contribution in [2.45, 2.75) is 39.0 Å². The van der Waals surface area contributed by atoms with Crippen molar-refractivity contribution in [2.24, 2.45) is 5.41 Å². The molecule has 2 heterocycles. The van der Waals surface area contributed by atoms with E-state index in [-0.39, 0.29) is 0 Å². The van der Waals surface area contributed by atoms with E-state index >= 15 is 0 Å². The molecule has 1 saturated heterocycles. The van der Waals surface area contributed by atoms with Crippen LogP contribution in [-0.4, -0.2) is 23.1 Å². The number of hydrogen-bond acceptors (Lipinski definition) is 3. The molecule has 0 bridgehead atoms. The van der Waals surface area contributed by atoms with Gasteiger partial charge in [0.25, 0.3) is 0 Å². The van der Waals surface area contributed by atoms with Gasteiger partial charge in [-0.25, -0.2) is 9.97 Å². The maximum atomic E-state index is 4.43. The van der Waals surface area contributed by atoms with Gasteiger partial charge in [-0.2, -0.15) is 0 Å². The van der Waals surface area contributed by atoms with E-state index in [1.807, 2.05) is 19.3 Å². The summed E-state index contributed by atoms with van der Waals surface area (Å²) in [6.07, 6.45) is 10.8. The smallest absolute Gasteiger partial charge is 0.225 e. The standard InChI is InChI=1S/C13H19N3/c1-11-8-14-12(15-9-11)16-7-6-13(10-16)4-2-3-5-13/h8-9H,2-7,10H2,1H3. The Labute approximate surface area is 96.9 Å². The Hall–Kier alpha value is -1.12. The van der Waals surface area contributed by atoms with E-state index in [1.54, 1.807) is 0 Å². The van der Waals surface area contributed by atoms with Crippen molar-refractivity contribution in [3.63, 3.8) is 0 Å². The highest BCUT2D eigenvalue weighted by Crippen LogP contribution is 2.45. The summed E-state index contributed by atoms with van der Waals surface area (Å²) < 4.78 is 0. The molecule has 3 heteroatoms. The van der Waals surface area contributed by atoms with E-state index in [4.69, 9.17) is 0 Å². The summed E-state index contributed by atoms with van der Waals surface area (Å²) in [6, 6.07) is 0. The molecule has 16 heavy (non-hydrogen) atoms. The summed E-state index contributed by atoms with van der Waals surface area (Å²) in [7, 11) is 0. The number of aromatic nitrogens is 2. The maximum absolute atomic E-state index is 4.43. The Morgan fingerprint density at radius 2 is 1.81 bits per heavy atom. The minimum atomic E-state index is 0.605. The zero-order valence-electron chi connectivity index (χ0n) is 9.95. The molecule has 2 fully saturated rings. The third-order valence-electron chi connectivity index (χ3n) is 4.15. The molecule has 3 rings (SSSR count). The minimum Gasteiger partial charge on any atom is -0.340 e. The molecular weight excluding hydrogens is 198 g/mol. The quantitative estimate of drug-likeness (QED) is 0.724. The fraction of sp³-hybridized carbons (Fsp3) is 0.692. The van der Waals surface area contributed by atoms with Gasteiger partial charge < -0.3 is 4.90 Å². The molecule has 1 spiro atoms. The van der Waals surface area contributed by atoms with E-state index in [0.29, 0.717) is 5.41 Å². The van der Waals surface area contributed by atoms with Gasteiger partial charge in [0, 0.05) is 25.5 Å². The van der Waals surface area contributed by atoms with Gasteiger partial charge in [-0.1, -0.05) is 12.8 Å². The van der Waals surface area contributed by atoms with Crippen LogP contribution in [-0.2, 0) is 0 Å². The van der Waals surface area contributed by atoms with E-state index in [1.165, 1.54) is 38.6 Å². The molecular formula is C13H19N3. The first-order valence-corrected chi connectivity index (χ1v) is 6.31. The van der Waals surface area contributed by atoms with Gasteiger partial charge in [0.05, 0.1) is 0 Å². The van der Waals surface area contributed by atoms with E-state index < -0.39 is 0 Å². The molecule has 1 aromatic heterocycles. The second-order valence-corrected chi connectivity index (χ2v) is 5.44. The predicted molar refractivity (Wildman–Crippen MR) is 64.5 cm³/mol. The van der Waals surface area contributed by atoms with E-state index in [0.717, 1.165) is 18.1 Å². The van der Waals surface area contributed by atoms with Crippen LogP contribution in [0, 0.1) is 12.3 Å². The lowest BCUT2D eigenvalue weighted by atomic mass is 9.86. The Morgan fingerprint density at radius 1 is 1.12 bits per heavy atom. The van der Waals surface area contributed by atoms with Gasteiger partial charge in [0.1, 0.15) is 0 Å². The third-order valence-corrected chi connectivity index (χ3v) is 4.15. The lowest BCUT2D eigenvalue weighted by Gasteiger charge is -2.23. The molecule has 1 saturated carbocycles. The summed E-state index contributed by atoms with van der Waals surface area (Å²) in [4.78, 5) is 11.2. The van der Waals surface area contributed by atoms with Crippen LogP contribution in [0.25, 0.3) is 0 Å². The van der Waals surface area contributed by atoms with Gasteiger partial charge in [0.2, 0.25) is 5.95 Å². The molecule has 86 valence electrons. The van der Waals surface area contributed by atoms with E-state index in [2.05, 4.69) is 14.9 Å². The molecule has 0 unspecified atom stereocenters. The molecule has 3 nitrogen and oxygen atoms in total. The SMILES string of the molecule is Cc1cnc(N2CCC3(CCCC3)C2)nc1. The van der Waals surface area contributed by atoms with Crippen LogP contribution in [0.4, 0.5) is 5.95 Å². The maximum Gasteiger partial charge on any atom is 0.225 e. The Kier molecular flexibility index (Phi) is 2.34. The van der Waals surface area contributed by atoms with Crippen molar-refractivity contribution in [1.29, 1.82) is 0 Å². The second-order valence-electron chi connectivity index (χ2n) is 5.44. The van der Waals surface area contributed by atoms with Crippen molar-refractivity contribution < 1.29 is 0 Å². The first kappa shape index (κ1) is 10.1. The number of anilines is 1. The van der Waals surface area contributed by atoms with Gasteiger partial charge in [-0.3, -0.25) is 0 Å². The lowest BCUT2D eigenvalue weighted by Crippen LogP contribution is -2.26. The topological polar surface area (TPSA) is 29.0 Å². The lowest BCUT2D eigenvalue weighted by molar-refractivity contribution is 0.340. The van der Waals surface area contributed by atoms with Crippen molar-refractivity contribution in [3.05, 3.63) is 18.0 Å². The predicted octanol–water partition coefficient (Wildman–Crippen LogP) is 2.56. The third kappa shape index (κ3) is 1.68. The van der Waals surface area contributed by atoms with Gasteiger partial charge in [-0.15, -0.1) is 0 Å². The fourth-order valence-electron chi connectivity index (χ4n) is 3.19. The molecule has 2 aliphatic rings. The van der Waals surface area contributed by atoms with Crippen LogP contribution < -0.4 is 4.90 Å². The van der Waals surface area contributed by atoms with Crippen LogP contribution in [0.1, 0.15) is 37.7 Å². The molecule has 1 aromatic rings. The number of nitrogens with zero attached hydrogens (tertiary/aromatic N) is 3. The first-order chi connectivity index (χ1) is 7.77. The van der Waals surface area contributed by atoms with Crippen LogP contribution >= 0.6 is 0 Å². The van der Waals surface area contributed by atoms with E-state index in [9.17, 15) is 0 Å². The van der Waals surface area contributed by atoms with Crippen molar-refractivity contribution in [1.82, 2.24) is 9.97 Å². The van der Waals surface area contributed by atoms with Crippen molar-refractivity contribution >= 4 is 5.95 Å². The number of hydrogen-bond donors (Lipinski definition) is 0. The van der Waals surface area contributed by atoms with Gasteiger partial charge in [-0.05, 0) is 37.2 Å². The van der Waals surface area contributed by atoms with Crippen LogP contribution in [0.5, 0.6) is 0 Å². The highest BCUT2D eigenvalue weighted by Gasteiger charge is 2.40. The monoisotopic (exact) mass is 217 g/mol. The summed E-state index contributed by atoms with van der Waals surface area (Å²) >= 11 is 0. The van der Waals surface area contributed by atoms with Crippen LogP contribution in [0.2, 0.25) is 0 Å². The average Bonchev–Trinajstić information content (AvgIpc) is 2.91. The minimum absolute atomic E-state index is 0.605. The summed E-state index contributed by atoms with van der Waals surface area (Å²) in [5.74, 6) is 0.925. The molecule has 0 radical (unpaired) electrons. The average molecular weight is 217 g/mol. The molecule has 0 amide bonds. The molecule has 0 atom stereocenters. The first-order valence-electron chi connectivity index (χ1n) is 6.31. The highest BCUT2D eigenvalue weighted by molar-refractivity contribution is 5.32. The Balaban J connectivity index is 1.75. The normalized spacial score (nSPS) is 23.2. The van der Waals surface area contributed by atoms with Gasteiger partial charge >= 0.3 is 0 Å². The number of aryl methyl sites for hydroxylation is 1. The van der Waals surface area contributed by atoms with Crippen molar-refractivity contribution in [3.8, 4) is 0 Å². The Bertz CT molecular complexity index is 365. The summed E-state index contributed by atoms with van der Waals surface area (Å²) in [6.45, 7) is 4.35. The van der Waals surface area contributed by atoms with Gasteiger partial charge in [0.15, 0.2) is 0 Å². The van der Waals surface area contributed by atoms with Crippen LogP contribution in [0.3, 0.4) is 0 Å². The molecule has 0 aromatic carbocycles. The molecule has 0 N–H and O–H groups in total. The summed E-state index contributed by atoms with van der Waals surface area (Å²) in [5.41, 5.74) is 1.74. The zero-order valence-corrected chi connectivity index (χ0v) is 9.95. The summed E-state index contributed by atoms with van der Waals surface area (Å²) in [5, 5.41) is 0. The molecule has 1 aliphatic carbocycles. The number of rotatable bonds is 1. The molecule has 1 aliphatic heterocycles. The van der Waals surface area contributed by atoms with Crippen LogP contribution in [0.15, 0.2) is 12.4 Å². The highest BCUT2D eigenvalue weighted by atomic mass is 15.3. The Morgan fingerprint density at radius 3 is 2.50 bits per heavy atom. The largest absolute Gasteiger partial charge is 0.340 e.